The van der Waals surface area contributed by atoms with Gasteiger partial charge in [0.25, 0.3) is 0 Å². The van der Waals surface area contributed by atoms with Crippen molar-refractivity contribution in [3.05, 3.63) is 70.6 Å². The first-order chi connectivity index (χ1) is 17.8. The molecule has 3 N–H and O–H groups in total. The summed E-state index contributed by atoms with van der Waals surface area (Å²) >= 11 is 0. The van der Waals surface area contributed by atoms with Crippen LogP contribution in [0.1, 0.15) is 47.4 Å². The number of likely N-dealkylation sites (tertiary alicyclic amines) is 1. The average Bonchev–Trinajstić information content (AvgIpc) is 3.53. The highest BCUT2D eigenvalue weighted by Gasteiger charge is 2.37. The van der Waals surface area contributed by atoms with Gasteiger partial charge in [-0.25, -0.2) is 0 Å². The average molecular weight is 577 g/mol. The van der Waals surface area contributed by atoms with E-state index >= 15 is 0 Å². The fourth-order valence-corrected chi connectivity index (χ4v) is 3.92. The molecule has 1 aliphatic rings. The lowest BCUT2D eigenvalue weighted by Gasteiger charge is -2.14. The first-order valence-corrected chi connectivity index (χ1v) is 11.3. The van der Waals surface area contributed by atoms with Gasteiger partial charge in [0.15, 0.2) is 5.96 Å². The summed E-state index contributed by atoms with van der Waals surface area (Å²) in [5.74, 6) is 0.769. The number of hydrogen-bond acceptors (Lipinski definition) is 6. The quantitative estimate of drug-likeness (QED) is 0.165. The van der Waals surface area contributed by atoms with Crippen LogP contribution in [0.2, 0.25) is 0 Å². The predicted octanol–water partition coefficient (Wildman–Crippen LogP) is 5.82. The maximum Gasteiger partial charge on any atom is 0.416 e. The fraction of sp³-hybridized carbons (Fsp3) is 0.333. The molecule has 1 unspecified atom stereocenters. The third-order valence-electron chi connectivity index (χ3n) is 5.96. The number of benzene rings is 2. The van der Waals surface area contributed by atoms with Crippen LogP contribution in [-0.4, -0.2) is 39.8 Å². The SMILES string of the molecule is CC(=NOCc1cc(C(F)(F)F)cc(C(F)(F)F)c1)c1ccc(-c2noc(C3CCN(C(=N)N)C3)n2)cc1.Cl. The number of nitrogens with two attached hydrogens (primary N) is 1. The second-order valence-electron chi connectivity index (χ2n) is 8.71. The number of aromatic nitrogens is 2. The van der Waals surface area contributed by atoms with Gasteiger partial charge in [-0.15, -0.1) is 12.4 Å². The number of guanidine groups is 1. The lowest BCUT2D eigenvalue weighted by Crippen LogP contribution is -2.34. The van der Waals surface area contributed by atoms with Crippen molar-refractivity contribution < 1.29 is 35.7 Å². The first kappa shape index (κ1) is 29.7. The first-order valence-electron chi connectivity index (χ1n) is 11.3. The molecule has 4 rings (SSSR count). The number of nitrogens with one attached hydrogen (secondary N) is 1. The summed E-state index contributed by atoms with van der Waals surface area (Å²) in [6.45, 7) is 2.14. The lowest BCUT2D eigenvalue weighted by molar-refractivity contribution is -0.143. The predicted molar refractivity (Wildman–Crippen MR) is 131 cm³/mol. The Balaban J connectivity index is 0.00000420. The molecule has 0 spiro atoms. The van der Waals surface area contributed by atoms with Gasteiger partial charge in [0.1, 0.15) is 6.61 Å². The Morgan fingerprint density at radius 3 is 2.26 bits per heavy atom. The molecule has 2 aromatic carbocycles. The Morgan fingerprint density at radius 1 is 1.10 bits per heavy atom. The monoisotopic (exact) mass is 576 g/mol. The van der Waals surface area contributed by atoms with Gasteiger partial charge in [0, 0.05) is 18.7 Å². The number of halogens is 7. The van der Waals surface area contributed by atoms with Gasteiger partial charge >= 0.3 is 12.4 Å². The molecular weight excluding hydrogens is 554 g/mol. The molecule has 3 aromatic rings. The van der Waals surface area contributed by atoms with Crippen LogP contribution in [0.5, 0.6) is 0 Å². The number of rotatable bonds is 6. The van der Waals surface area contributed by atoms with Crippen molar-refractivity contribution in [3.8, 4) is 11.4 Å². The standard InChI is InChI=1S/C24H22F6N6O2.ClH/c1-13(34-37-12-14-8-18(23(25,26)27)10-19(9-14)24(28,29)30)15-2-4-16(5-3-15)20-33-21(38-35-20)17-6-7-36(11-17)22(31)32;/h2-5,8-10,17H,6-7,11-12H2,1H3,(H3,31,32);1H. The van der Waals surface area contributed by atoms with Crippen molar-refractivity contribution >= 4 is 24.1 Å². The zero-order valence-corrected chi connectivity index (χ0v) is 21.1. The summed E-state index contributed by atoms with van der Waals surface area (Å²) in [7, 11) is 0. The van der Waals surface area contributed by atoms with E-state index in [0.29, 0.717) is 53.8 Å². The van der Waals surface area contributed by atoms with E-state index in [9.17, 15) is 26.3 Å². The van der Waals surface area contributed by atoms with E-state index in [4.69, 9.17) is 20.5 Å². The highest BCUT2D eigenvalue weighted by Crippen LogP contribution is 2.36. The van der Waals surface area contributed by atoms with Crippen LogP contribution >= 0.6 is 12.4 Å². The molecule has 39 heavy (non-hydrogen) atoms. The molecule has 0 aliphatic carbocycles. The molecule has 2 heterocycles. The smallest absolute Gasteiger partial charge is 0.391 e. The molecule has 1 aromatic heterocycles. The van der Waals surface area contributed by atoms with Crippen LogP contribution in [0.25, 0.3) is 11.4 Å². The van der Waals surface area contributed by atoms with E-state index in [1.54, 1.807) is 36.1 Å². The maximum atomic E-state index is 13.0. The molecule has 1 fully saturated rings. The molecular formula is C24H23ClF6N6O2. The number of alkyl halides is 6. The molecule has 1 saturated heterocycles. The van der Waals surface area contributed by atoms with E-state index in [1.165, 1.54) is 0 Å². The zero-order valence-electron chi connectivity index (χ0n) is 20.3. The third-order valence-corrected chi connectivity index (χ3v) is 5.96. The van der Waals surface area contributed by atoms with Crippen molar-refractivity contribution in [2.24, 2.45) is 10.9 Å². The maximum absolute atomic E-state index is 13.0. The Bertz CT molecular complexity index is 1310. The second-order valence-corrected chi connectivity index (χ2v) is 8.71. The van der Waals surface area contributed by atoms with Crippen molar-refractivity contribution in [2.45, 2.75) is 38.2 Å². The molecule has 1 atom stereocenters. The van der Waals surface area contributed by atoms with E-state index in [-0.39, 0.29) is 35.9 Å². The van der Waals surface area contributed by atoms with E-state index in [0.717, 1.165) is 6.42 Å². The number of oxime groups is 1. The molecule has 0 bridgehead atoms. The number of nitrogens with zero attached hydrogens (tertiary/aromatic N) is 4. The lowest BCUT2D eigenvalue weighted by atomic mass is 10.1. The topological polar surface area (TPSA) is 114 Å². The van der Waals surface area contributed by atoms with Gasteiger partial charge < -0.3 is 20.0 Å². The summed E-state index contributed by atoms with van der Waals surface area (Å²) in [6, 6.07) is 8.04. The van der Waals surface area contributed by atoms with Crippen molar-refractivity contribution in [2.75, 3.05) is 13.1 Å². The van der Waals surface area contributed by atoms with Gasteiger partial charge in [0.2, 0.25) is 11.7 Å². The van der Waals surface area contributed by atoms with Gasteiger partial charge in [-0.1, -0.05) is 34.6 Å². The van der Waals surface area contributed by atoms with Crippen molar-refractivity contribution in [3.63, 3.8) is 0 Å². The zero-order chi connectivity index (χ0) is 27.7. The molecule has 0 saturated carbocycles. The molecule has 0 radical (unpaired) electrons. The fourth-order valence-electron chi connectivity index (χ4n) is 3.92. The van der Waals surface area contributed by atoms with E-state index in [2.05, 4.69) is 15.3 Å². The largest absolute Gasteiger partial charge is 0.416 e. The van der Waals surface area contributed by atoms with E-state index in [1.807, 2.05) is 0 Å². The Labute approximate surface area is 224 Å². The van der Waals surface area contributed by atoms with Crippen LogP contribution in [0.3, 0.4) is 0 Å². The normalized spacial score (nSPS) is 16.2. The van der Waals surface area contributed by atoms with Crippen LogP contribution in [0.15, 0.2) is 52.1 Å². The van der Waals surface area contributed by atoms with Crippen LogP contribution in [-0.2, 0) is 23.8 Å². The molecule has 0 amide bonds. The van der Waals surface area contributed by atoms with Crippen LogP contribution in [0, 0.1) is 5.41 Å². The second kappa shape index (κ2) is 11.5. The van der Waals surface area contributed by atoms with Gasteiger partial charge in [-0.3, -0.25) is 5.41 Å². The summed E-state index contributed by atoms with van der Waals surface area (Å²) < 4.78 is 83.5. The molecule has 1 aliphatic heterocycles. The Kier molecular flexibility index (Phi) is 8.78. The minimum atomic E-state index is -4.94. The highest BCUT2D eigenvalue weighted by molar-refractivity contribution is 5.98. The van der Waals surface area contributed by atoms with Crippen molar-refractivity contribution in [1.82, 2.24) is 15.0 Å². The van der Waals surface area contributed by atoms with Crippen LogP contribution in [0.4, 0.5) is 26.3 Å². The van der Waals surface area contributed by atoms with Gasteiger partial charge in [-0.05, 0) is 42.7 Å². The number of hydrogen-bond donors (Lipinski definition) is 2. The Hall–Kier alpha value is -3.81. The summed E-state index contributed by atoms with van der Waals surface area (Å²) in [6.07, 6.45) is -9.15. The minimum absolute atomic E-state index is 0. The highest BCUT2D eigenvalue weighted by atomic mass is 35.5. The third kappa shape index (κ3) is 7.19. The van der Waals surface area contributed by atoms with Gasteiger partial charge in [-0.2, -0.15) is 31.3 Å². The summed E-state index contributed by atoms with van der Waals surface area (Å²) in [5.41, 5.74) is 3.97. The van der Waals surface area contributed by atoms with Gasteiger partial charge in [0.05, 0.1) is 22.8 Å². The van der Waals surface area contributed by atoms with Crippen LogP contribution < -0.4 is 5.73 Å². The summed E-state index contributed by atoms with van der Waals surface area (Å²) in [5, 5.41) is 15.4. The van der Waals surface area contributed by atoms with E-state index < -0.39 is 30.1 Å². The molecule has 8 nitrogen and oxygen atoms in total. The minimum Gasteiger partial charge on any atom is -0.391 e. The summed E-state index contributed by atoms with van der Waals surface area (Å²) in [4.78, 5) is 11.2. The Morgan fingerprint density at radius 2 is 1.72 bits per heavy atom. The molecule has 210 valence electrons. The molecule has 15 heteroatoms. The van der Waals surface area contributed by atoms with Crippen molar-refractivity contribution in [1.29, 1.82) is 5.41 Å².